The second-order valence-corrected chi connectivity index (χ2v) is 4.60. The number of hydrogen-bond donors (Lipinski definition) is 1. The lowest BCUT2D eigenvalue weighted by Gasteiger charge is -1.97. The van der Waals surface area contributed by atoms with Crippen LogP contribution in [0.15, 0.2) is 42.9 Å². The summed E-state index contributed by atoms with van der Waals surface area (Å²) in [6.07, 6.45) is 6.44. The number of aliphatic hydroxyl groups excluding tert-OH is 1. The minimum Gasteiger partial charge on any atom is -0.388 e. The van der Waals surface area contributed by atoms with Crippen molar-refractivity contribution in [2.75, 3.05) is 0 Å². The highest BCUT2D eigenvalue weighted by molar-refractivity contribution is 5.13. The number of nitrogens with zero attached hydrogens (tertiary/aromatic N) is 2. The fourth-order valence-electron chi connectivity index (χ4n) is 2.09. The quantitative estimate of drug-likeness (QED) is 0.776. The van der Waals surface area contributed by atoms with Gasteiger partial charge in [-0.3, -0.25) is 0 Å². The summed E-state index contributed by atoms with van der Waals surface area (Å²) in [4.78, 5) is 0. The van der Waals surface area contributed by atoms with E-state index in [1.807, 2.05) is 12.3 Å². The van der Waals surface area contributed by atoms with Crippen molar-refractivity contribution < 1.29 is 9.67 Å². The molecule has 2 rings (SSSR count). The van der Waals surface area contributed by atoms with Crippen molar-refractivity contribution in [3.8, 4) is 0 Å². The highest BCUT2D eigenvalue weighted by Gasteiger charge is 2.12. The van der Waals surface area contributed by atoms with Gasteiger partial charge in [0.2, 0.25) is 6.33 Å². The van der Waals surface area contributed by atoms with Gasteiger partial charge in [-0.05, 0) is 12.0 Å². The minimum absolute atomic E-state index is 0.103. The van der Waals surface area contributed by atoms with E-state index in [-0.39, 0.29) is 6.61 Å². The second kappa shape index (κ2) is 6.36. The first kappa shape index (κ1) is 12.8. The van der Waals surface area contributed by atoms with Crippen LogP contribution in [0.4, 0.5) is 0 Å². The Morgan fingerprint density at radius 1 is 1.22 bits per heavy atom. The maximum absolute atomic E-state index is 9.36. The van der Waals surface area contributed by atoms with Crippen LogP contribution in [0.1, 0.15) is 31.0 Å². The molecule has 0 aliphatic carbocycles. The minimum atomic E-state index is 0.103. The molecule has 0 atom stereocenters. The monoisotopic (exact) mass is 245 g/mol. The number of unbranched alkanes of at least 4 members (excludes halogenated alkanes) is 1. The van der Waals surface area contributed by atoms with Crippen LogP contribution in [0.5, 0.6) is 0 Å². The first-order valence-electron chi connectivity index (χ1n) is 6.56. The summed E-state index contributed by atoms with van der Waals surface area (Å²) in [5.74, 6) is 0. The van der Waals surface area contributed by atoms with Crippen LogP contribution in [0, 0.1) is 0 Å². The van der Waals surface area contributed by atoms with Gasteiger partial charge in [0.05, 0.1) is 6.54 Å². The van der Waals surface area contributed by atoms with Gasteiger partial charge in [0.1, 0.15) is 19.3 Å². The van der Waals surface area contributed by atoms with Gasteiger partial charge in [-0.25, -0.2) is 9.13 Å². The Morgan fingerprint density at radius 2 is 2.00 bits per heavy atom. The summed E-state index contributed by atoms with van der Waals surface area (Å²) in [5, 5.41) is 9.36. The Kier molecular flexibility index (Phi) is 4.53. The zero-order valence-electron chi connectivity index (χ0n) is 10.9. The van der Waals surface area contributed by atoms with Gasteiger partial charge in [-0.2, -0.15) is 0 Å². The van der Waals surface area contributed by atoms with Crippen LogP contribution in [-0.4, -0.2) is 9.67 Å². The normalized spacial score (nSPS) is 10.8. The van der Waals surface area contributed by atoms with Crippen molar-refractivity contribution in [1.82, 2.24) is 4.57 Å². The SMILES string of the molecule is CCCCn1c[n+](Cc2ccccc2)cc1CO. The molecule has 96 valence electrons. The molecule has 3 heteroatoms. The summed E-state index contributed by atoms with van der Waals surface area (Å²) in [5.41, 5.74) is 2.26. The van der Waals surface area contributed by atoms with Crippen LogP contribution in [0.25, 0.3) is 0 Å². The molecule has 0 aliphatic heterocycles. The van der Waals surface area contributed by atoms with Gasteiger partial charge in [-0.15, -0.1) is 0 Å². The van der Waals surface area contributed by atoms with Crippen molar-refractivity contribution in [1.29, 1.82) is 0 Å². The van der Waals surface area contributed by atoms with Crippen LogP contribution >= 0.6 is 0 Å². The van der Waals surface area contributed by atoms with E-state index < -0.39 is 0 Å². The van der Waals surface area contributed by atoms with Gasteiger partial charge in [0.15, 0.2) is 5.69 Å². The molecule has 0 spiro atoms. The molecule has 1 heterocycles. The molecule has 1 aromatic heterocycles. The number of aliphatic hydroxyl groups is 1. The molecule has 0 amide bonds. The maximum atomic E-state index is 9.36. The molecule has 1 N–H and O–H groups in total. The molecule has 18 heavy (non-hydrogen) atoms. The van der Waals surface area contributed by atoms with Gasteiger partial charge in [0, 0.05) is 0 Å². The molecule has 0 saturated carbocycles. The summed E-state index contributed by atoms with van der Waals surface area (Å²) < 4.78 is 4.28. The third-order valence-electron chi connectivity index (χ3n) is 3.09. The predicted molar refractivity (Wildman–Crippen MR) is 71.0 cm³/mol. The summed E-state index contributed by atoms with van der Waals surface area (Å²) >= 11 is 0. The van der Waals surface area contributed by atoms with Crippen LogP contribution in [-0.2, 0) is 19.7 Å². The largest absolute Gasteiger partial charge is 0.388 e. The van der Waals surface area contributed by atoms with E-state index in [2.05, 4.69) is 46.7 Å². The zero-order chi connectivity index (χ0) is 12.8. The van der Waals surface area contributed by atoms with Gasteiger partial charge >= 0.3 is 0 Å². The number of aromatic nitrogens is 2. The van der Waals surface area contributed by atoms with Crippen molar-refractivity contribution in [3.05, 3.63) is 54.1 Å². The van der Waals surface area contributed by atoms with Crippen LogP contribution < -0.4 is 4.57 Å². The number of benzene rings is 1. The average Bonchev–Trinajstić information content (AvgIpc) is 2.79. The highest BCUT2D eigenvalue weighted by atomic mass is 16.3. The Morgan fingerprint density at radius 3 is 2.67 bits per heavy atom. The smallest absolute Gasteiger partial charge is 0.244 e. The lowest BCUT2D eigenvalue weighted by Crippen LogP contribution is -2.31. The van der Waals surface area contributed by atoms with E-state index >= 15 is 0 Å². The number of rotatable bonds is 6. The van der Waals surface area contributed by atoms with E-state index in [9.17, 15) is 5.11 Å². The Bertz CT molecular complexity index is 476. The van der Waals surface area contributed by atoms with E-state index in [1.165, 1.54) is 12.0 Å². The number of aryl methyl sites for hydroxylation is 1. The van der Waals surface area contributed by atoms with Crippen LogP contribution in [0.2, 0.25) is 0 Å². The van der Waals surface area contributed by atoms with Crippen LogP contribution in [0.3, 0.4) is 0 Å². The third-order valence-corrected chi connectivity index (χ3v) is 3.09. The molecule has 3 nitrogen and oxygen atoms in total. The molecule has 0 unspecified atom stereocenters. The van der Waals surface area contributed by atoms with Crippen molar-refractivity contribution in [2.24, 2.45) is 0 Å². The molecule has 0 radical (unpaired) electrons. The Labute approximate surface area is 108 Å². The predicted octanol–water partition coefficient (Wildman–Crippen LogP) is 2.12. The van der Waals surface area contributed by atoms with Crippen molar-refractivity contribution in [2.45, 2.75) is 39.5 Å². The molecule has 0 saturated heterocycles. The Balaban J connectivity index is 2.11. The standard InChI is InChI=1S/C15H21N2O/c1-2-3-9-17-13-16(11-15(17)12-18)10-14-7-5-4-6-8-14/h4-8,11,13,18H,2-3,9-10,12H2,1H3/q+1. The molecule has 0 aliphatic rings. The fourth-order valence-corrected chi connectivity index (χ4v) is 2.09. The highest BCUT2D eigenvalue weighted by Crippen LogP contribution is 2.03. The second-order valence-electron chi connectivity index (χ2n) is 4.60. The van der Waals surface area contributed by atoms with Gasteiger partial charge in [0.25, 0.3) is 0 Å². The Hall–Kier alpha value is -1.61. The average molecular weight is 245 g/mol. The fraction of sp³-hybridized carbons (Fsp3) is 0.400. The molecule has 1 aromatic carbocycles. The third kappa shape index (κ3) is 3.20. The first-order chi connectivity index (χ1) is 8.83. The molecule has 2 aromatic rings. The van der Waals surface area contributed by atoms with Crippen molar-refractivity contribution >= 4 is 0 Å². The van der Waals surface area contributed by atoms with Gasteiger partial charge in [-0.1, -0.05) is 43.7 Å². The molecule has 0 bridgehead atoms. The van der Waals surface area contributed by atoms with E-state index in [0.29, 0.717) is 0 Å². The number of hydrogen-bond acceptors (Lipinski definition) is 1. The van der Waals surface area contributed by atoms with E-state index in [4.69, 9.17) is 0 Å². The molecule has 0 fully saturated rings. The molecular formula is C15H21N2O+. The summed E-state index contributed by atoms with van der Waals surface area (Å²) in [6, 6.07) is 10.4. The molecular weight excluding hydrogens is 224 g/mol. The first-order valence-corrected chi connectivity index (χ1v) is 6.56. The van der Waals surface area contributed by atoms with Crippen molar-refractivity contribution in [3.63, 3.8) is 0 Å². The lowest BCUT2D eigenvalue weighted by atomic mass is 10.2. The van der Waals surface area contributed by atoms with Gasteiger partial charge < -0.3 is 5.11 Å². The number of imidazole rings is 1. The van der Waals surface area contributed by atoms with E-state index in [1.54, 1.807) is 0 Å². The maximum Gasteiger partial charge on any atom is 0.244 e. The zero-order valence-corrected chi connectivity index (χ0v) is 10.9. The van der Waals surface area contributed by atoms with E-state index in [0.717, 1.165) is 25.2 Å². The topological polar surface area (TPSA) is 29.0 Å². The lowest BCUT2D eigenvalue weighted by molar-refractivity contribution is -0.688. The summed E-state index contributed by atoms with van der Waals surface area (Å²) in [6.45, 7) is 4.12. The summed E-state index contributed by atoms with van der Waals surface area (Å²) in [7, 11) is 0.